The smallest absolute Gasteiger partial charge is 0.250 e. The summed E-state index contributed by atoms with van der Waals surface area (Å²) < 4.78 is 0. The van der Waals surface area contributed by atoms with Gasteiger partial charge in [-0.05, 0) is 61.3 Å². The number of aryl methyl sites for hydroxylation is 3. The number of hydrogen-bond acceptors (Lipinski definition) is 3. The average molecular weight is 325 g/mol. The van der Waals surface area contributed by atoms with Crippen LogP contribution in [0.1, 0.15) is 49.8 Å². The first kappa shape index (κ1) is 16.9. The molecule has 0 bridgehead atoms. The lowest BCUT2D eigenvalue weighted by Gasteiger charge is -2.35. The van der Waals surface area contributed by atoms with Crippen molar-refractivity contribution in [3.05, 3.63) is 49.3 Å². The van der Waals surface area contributed by atoms with Crippen molar-refractivity contribution in [3.63, 3.8) is 0 Å². The van der Waals surface area contributed by atoms with Gasteiger partial charge in [-0.2, -0.15) is 0 Å². The minimum absolute atomic E-state index is 0.280. The van der Waals surface area contributed by atoms with Crippen LogP contribution in [0, 0.1) is 32.6 Å². The Kier molecular flexibility index (Phi) is 4.37. The molecule has 0 spiro atoms. The lowest BCUT2D eigenvalue weighted by atomic mass is 9.77. The molecule has 0 amide bonds. The molecule has 2 aromatic rings. The number of hydrogen-bond donors (Lipinski definition) is 1. The number of rotatable bonds is 3. The van der Waals surface area contributed by atoms with Gasteiger partial charge >= 0.3 is 0 Å². The topological polar surface area (TPSA) is 46.2 Å². The Morgan fingerprint density at radius 1 is 0.917 bits per heavy atom. The van der Waals surface area contributed by atoms with E-state index < -0.39 is 0 Å². The van der Waals surface area contributed by atoms with Crippen molar-refractivity contribution in [2.75, 3.05) is 5.32 Å². The van der Waals surface area contributed by atoms with Crippen molar-refractivity contribution >= 4 is 5.69 Å². The highest BCUT2D eigenvalue weighted by molar-refractivity contribution is 5.84. The Labute approximate surface area is 143 Å². The highest BCUT2D eigenvalue weighted by Crippen LogP contribution is 2.34. The quantitative estimate of drug-likeness (QED) is 0.864. The summed E-state index contributed by atoms with van der Waals surface area (Å²) in [5.74, 6) is 1.16. The summed E-state index contributed by atoms with van der Waals surface area (Å²) in [6.07, 6.45) is 3.49. The molecule has 24 heavy (non-hydrogen) atoms. The molecule has 0 radical (unpaired) electrons. The lowest BCUT2D eigenvalue weighted by Crippen LogP contribution is -2.42. The van der Waals surface area contributed by atoms with E-state index in [2.05, 4.69) is 32.2 Å². The summed E-state index contributed by atoms with van der Waals surface area (Å²) in [6.45, 7) is 10.6. The van der Waals surface area contributed by atoms with Gasteiger partial charge < -0.3 is 5.32 Å². The summed E-state index contributed by atoms with van der Waals surface area (Å²) in [5.41, 5.74) is 4.74. The minimum Gasteiger partial charge on any atom is -0.378 e. The summed E-state index contributed by atoms with van der Waals surface area (Å²) in [5, 5.41) is 3.43. The van der Waals surface area contributed by atoms with E-state index in [-0.39, 0.29) is 16.9 Å². The van der Waals surface area contributed by atoms with Gasteiger partial charge in [-0.15, -0.1) is 0 Å². The van der Waals surface area contributed by atoms with Gasteiger partial charge in [0, 0.05) is 6.04 Å². The van der Waals surface area contributed by atoms with Crippen LogP contribution in [0.5, 0.6) is 0 Å². The third kappa shape index (κ3) is 2.70. The highest BCUT2D eigenvalue weighted by Gasteiger charge is 2.31. The summed E-state index contributed by atoms with van der Waals surface area (Å²) in [7, 11) is 0. The number of benzene rings is 1. The van der Waals surface area contributed by atoms with Crippen LogP contribution in [0.3, 0.4) is 0 Å². The van der Waals surface area contributed by atoms with E-state index in [4.69, 9.17) is 0 Å². The first-order valence-electron chi connectivity index (χ1n) is 8.99. The second-order valence-corrected chi connectivity index (χ2v) is 7.68. The second kappa shape index (κ2) is 6.19. The van der Waals surface area contributed by atoms with Gasteiger partial charge in [0.05, 0.1) is 11.3 Å². The Morgan fingerprint density at radius 2 is 1.58 bits per heavy atom. The van der Waals surface area contributed by atoms with Crippen LogP contribution in [-0.4, -0.2) is 6.04 Å². The van der Waals surface area contributed by atoms with Crippen molar-refractivity contribution < 1.29 is 0 Å². The summed E-state index contributed by atoms with van der Waals surface area (Å²) >= 11 is 0. The fourth-order valence-electron chi connectivity index (χ4n) is 3.99. The Bertz CT molecular complexity index is 842. The molecule has 0 aromatic heterocycles. The maximum Gasteiger partial charge on any atom is 0.250 e. The Morgan fingerprint density at radius 3 is 2.29 bits per heavy atom. The monoisotopic (exact) mass is 325 g/mol. The molecule has 1 saturated carbocycles. The van der Waals surface area contributed by atoms with Gasteiger partial charge in [-0.3, -0.25) is 9.59 Å². The van der Waals surface area contributed by atoms with Crippen LogP contribution in [-0.2, 0) is 0 Å². The van der Waals surface area contributed by atoms with Crippen LogP contribution < -0.4 is 16.2 Å². The predicted octanol–water partition coefficient (Wildman–Crippen LogP) is 4.11. The van der Waals surface area contributed by atoms with Crippen molar-refractivity contribution in [2.45, 2.75) is 59.9 Å². The molecule has 1 aliphatic rings. The molecule has 0 saturated heterocycles. The van der Waals surface area contributed by atoms with Gasteiger partial charge in [0.25, 0.3) is 0 Å². The summed E-state index contributed by atoms with van der Waals surface area (Å²) in [6, 6.07) is 4.41. The standard InChI is InChI=1S/C21H27NO2/c1-11-7-6-8-17(15(11)5)22-19-18(20(23)21(19)24)16-10-13(3)12(2)9-14(16)4/h9-11,15,17,22H,6-8H2,1-5H3/t11-,15-,17-/m1/s1. The summed E-state index contributed by atoms with van der Waals surface area (Å²) in [4.78, 5) is 24.5. The van der Waals surface area contributed by atoms with Gasteiger partial charge in [-0.1, -0.05) is 38.8 Å². The molecular formula is C21H27NO2. The van der Waals surface area contributed by atoms with Gasteiger partial charge in [0.1, 0.15) is 0 Å². The van der Waals surface area contributed by atoms with Gasteiger partial charge in [-0.25, -0.2) is 0 Å². The first-order valence-corrected chi connectivity index (χ1v) is 8.99. The molecule has 3 heteroatoms. The van der Waals surface area contributed by atoms with Crippen LogP contribution in [0.4, 0.5) is 5.69 Å². The van der Waals surface area contributed by atoms with Crippen LogP contribution in [0.15, 0.2) is 21.7 Å². The molecule has 128 valence electrons. The molecule has 0 unspecified atom stereocenters. The van der Waals surface area contributed by atoms with E-state index in [0.717, 1.165) is 23.1 Å². The normalized spacial score (nSPS) is 24.3. The zero-order valence-corrected chi connectivity index (χ0v) is 15.3. The van der Waals surface area contributed by atoms with Crippen LogP contribution in [0.2, 0.25) is 0 Å². The maximum absolute atomic E-state index is 12.3. The zero-order valence-electron chi connectivity index (χ0n) is 15.3. The Balaban J connectivity index is 1.98. The third-order valence-electron chi connectivity index (χ3n) is 6.06. The fraction of sp³-hybridized carbons (Fsp3) is 0.524. The molecule has 1 fully saturated rings. The molecule has 3 rings (SSSR count). The minimum atomic E-state index is -0.354. The van der Waals surface area contributed by atoms with Crippen LogP contribution >= 0.6 is 0 Å². The van der Waals surface area contributed by atoms with E-state index in [1.807, 2.05) is 19.9 Å². The molecule has 0 heterocycles. The molecule has 1 aliphatic carbocycles. The van der Waals surface area contributed by atoms with E-state index >= 15 is 0 Å². The second-order valence-electron chi connectivity index (χ2n) is 7.68. The van der Waals surface area contributed by atoms with Gasteiger partial charge in [0.2, 0.25) is 10.9 Å². The van der Waals surface area contributed by atoms with Crippen molar-refractivity contribution in [1.82, 2.24) is 0 Å². The SMILES string of the molecule is Cc1cc(C)c(-c2c(N[C@@H]3CCC[C@@H](C)[C@H]3C)c(=O)c2=O)cc1C. The van der Waals surface area contributed by atoms with E-state index in [1.165, 1.54) is 18.4 Å². The first-order chi connectivity index (χ1) is 11.3. The number of nitrogens with one attached hydrogen (secondary N) is 1. The number of anilines is 1. The van der Waals surface area contributed by atoms with E-state index in [9.17, 15) is 9.59 Å². The van der Waals surface area contributed by atoms with Crippen molar-refractivity contribution in [3.8, 4) is 11.1 Å². The Hall–Kier alpha value is -1.90. The fourth-order valence-corrected chi connectivity index (χ4v) is 3.99. The van der Waals surface area contributed by atoms with Crippen molar-refractivity contribution in [1.29, 1.82) is 0 Å². The highest BCUT2D eigenvalue weighted by atomic mass is 16.2. The average Bonchev–Trinajstić information content (AvgIpc) is 2.55. The van der Waals surface area contributed by atoms with E-state index in [0.29, 0.717) is 23.1 Å². The van der Waals surface area contributed by atoms with E-state index in [1.54, 1.807) is 0 Å². The van der Waals surface area contributed by atoms with Crippen molar-refractivity contribution in [2.24, 2.45) is 11.8 Å². The molecule has 3 nitrogen and oxygen atoms in total. The molecule has 1 N–H and O–H groups in total. The van der Waals surface area contributed by atoms with Gasteiger partial charge in [0.15, 0.2) is 0 Å². The lowest BCUT2D eigenvalue weighted by molar-refractivity contribution is 0.253. The third-order valence-corrected chi connectivity index (χ3v) is 6.06. The molecular weight excluding hydrogens is 298 g/mol. The zero-order chi connectivity index (χ0) is 17.6. The molecule has 2 aromatic carbocycles. The molecule has 0 aliphatic heterocycles. The molecule has 3 atom stereocenters. The maximum atomic E-state index is 12.3. The van der Waals surface area contributed by atoms with Crippen LogP contribution in [0.25, 0.3) is 11.1 Å². The predicted molar refractivity (Wildman–Crippen MR) is 101 cm³/mol. The largest absolute Gasteiger partial charge is 0.378 e.